The molecule has 1 amide bonds. The molecule has 4 rings (SSSR count). The molecule has 1 unspecified atom stereocenters. The van der Waals surface area contributed by atoms with E-state index in [0.29, 0.717) is 18.5 Å². The van der Waals surface area contributed by atoms with E-state index in [2.05, 4.69) is 15.2 Å². The Morgan fingerprint density at radius 1 is 1.21 bits per heavy atom. The lowest BCUT2D eigenvalue weighted by molar-refractivity contribution is 0.0785. The Labute approximate surface area is 195 Å². The molecule has 33 heavy (non-hydrogen) atoms. The fraction of sp³-hybridized carbons (Fsp3) is 0.250. The normalized spacial score (nSPS) is 13.0. The quantitative estimate of drug-likeness (QED) is 0.436. The highest BCUT2D eigenvalue weighted by Crippen LogP contribution is 2.28. The van der Waals surface area contributed by atoms with Crippen LogP contribution in [-0.4, -0.2) is 33.0 Å². The average Bonchev–Trinajstić information content (AvgIpc) is 3.44. The summed E-state index contributed by atoms with van der Waals surface area (Å²) in [5.74, 6) is -0.674. The van der Waals surface area contributed by atoms with Crippen LogP contribution in [0.5, 0.6) is 0 Å². The molecule has 4 aromatic rings. The largest absolute Gasteiger partial charge is 0.419 e. The molecule has 170 valence electrons. The van der Waals surface area contributed by atoms with Gasteiger partial charge in [-0.05, 0) is 44.0 Å². The van der Waals surface area contributed by atoms with Crippen LogP contribution in [0.3, 0.4) is 0 Å². The van der Waals surface area contributed by atoms with Crippen LogP contribution in [0.25, 0.3) is 11.5 Å². The molecule has 2 aromatic carbocycles. The summed E-state index contributed by atoms with van der Waals surface area (Å²) in [6.45, 7) is 4.04. The molecule has 2 N–H and O–H groups in total. The van der Waals surface area contributed by atoms with E-state index in [-0.39, 0.29) is 23.3 Å². The van der Waals surface area contributed by atoms with Crippen molar-refractivity contribution in [1.29, 1.82) is 0 Å². The summed E-state index contributed by atoms with van der Waals surface area (Å²) in [5, 5.41) is 10.8. The number of rotatable bonds is 7. The Morgan fingerprint density at radius 3 is 2.67 bits per heavy atom. The second-order valence-corrected chi connectivity index (χ2v) is 9.17. The fourth-order valence-corrected chi connectivity index (χ4v) is 4.28. The molecule has 0 aliphatic heterocycles. The Morgan fingerprint density at radius 2 is 1.97 bits per heavy atom. The second-order valence-electron chi connectivity index (χ2n) is 8.23. The first-order chi connectivity index (χ1) is 15.7. The number of nitrogens with zero attached hydrogens (tertiary/aromatic N) is 4. The number of aromatic nitrogens is 3. The standard InChI is InChI=1S/C24H24FN5O2S/c1-15-14-33-20(27-15)13-30(3)22(31)17-9-10-19(25)18(11-17)21-28-29-23(32-21)24(2,26)12-16-7-5-4-6-8-16/h4-11,14H,12-13,26H2,1-3H3. The maximum Gasteiger partial charge on any atom is 0.254 e. The van der Waals surface area contributed by atoms with Gasteiger partial charge in [-0.3, -0.25) is 4.79 Å². The summed E-state index contributed by atoms with van der Waals surface area (Å²) in [4.78, 5) is 18.8. The van der Waals surface area contributed by atoms with Crippen molar-refractivity contribution in [2.45, 2.75) is 32.4 Å². The minimum atomic E-state index is -0.942. The summed E-state index contributed by atoms with van der Waals surface area (Å²) < 4.78 is 20.4. The molecule has 0 saturated heterocycles. The zero-order valence-electron chi connectivity index (χ0n) is 18.6. The summed E-state index contributed by atoms with van der Waals surface area (Å²) in [5.41, 5.74) is 7.77. The first kappa shape index (κ1) is 22.8. The van der Waals surface area contributed by atoms with Crippen LogP contribution in [0, 0.1) is 12.7 Å². The molecule has 7 nitrogen and oxygen atoms in total. The maximum atomic E-state index is 14.6. The van der Waals surface area contributed by atoms with Gasteiger partial charge in [0.1, 0.15) is 10.8 Å². The number of aryl methyl sites for hydroxylation is 1. The van der Waals surface area contributed by atoms with Crippen molar-refractivity contribution in [1.82, 2.24) is 20.1 Å². The Hall–Kier alpha value is -3.43. The fourth-order valence-electron chi connectivity index (χ4n) is 3.45. The third-order valence-corrected chi connectivity index (χ3v) is 6.11. The van der Waals surface area contributed by atoms with E-state index in [1.807, 2.05) is 42.6 Å². The topological polar surface area (TPSA) is 98.1 Å². The van der Waals surface area contributed by atoms with Crippen LogP contribution in [0.4, 0.5) is 4.39 Å². The van der Waals surface area contributed by atoms with E-state index in [1.165, 1.54) is 34.4 Å². The van der Waals surface area contributed by atoms with Crippen molar-refractivity contribution < 1.29 is 13.6 Å². The van der Waals surface area contributed by atoms with Crippen LogP contribution >= 0.6 is 11.3 Å². The van der Waals surface area contributed by atoms with Crippen molar-refractivity contribution >= 4 is 17.2 Å². The number of nitrogens with two attached hydrogens (primary N) is 1. The second kappa shape index (κ2) is 9.21. The molecule has 9 heteroatoms. The molecular formula is C24H24FN5O2S. The van der Waals surface area contributed by atoms with Crippen LogP contribution in [-0.2, 0) is 18.5 Å². The summed E-state index contributed by atoms with van der Waals surface area (Å²) in [6.07, 6.45) is 0.470. The molecule has 2 heterocycles. The number of thiazole rings is 1. The van der Waals surface area contributed by atoms with Gasteiger partial charge in [0.2, 0.25) is 5.89 Å². The minimum absolute atomic E-state index is 0.0277. The van der Waals surface area contributed by atoms with Crippen molar-refractivity contribution in [2.75, 3.05) is 7.05 Å². The van der Waals surface area contributed by atoms with E-state index < -0.39 is 11.4 Å². The highest BCUT2D eigenvalue weighted by atomic mass is 32.1. The molecule has 0 spiro atoms. The number of hydrogen-bond donors (Lipinski definition) is 1. The van der Waals surface area contributed by atoms with Gasteiger partial charge in [0, 0.05) is 23.7 Å². The number of carbonyl (C=O) groups excluding carboxylic acids is 1. The molecule has 0 radical (unpaired) electrons. The van der Waals surface area contributed by atoms with Gasteiger partial charge < -0.3 is 15.1 Å². The van der Waals surface area contributed by atoms with E-state index in [4.69, 9.17) is 10.2 Å². The van der Waals surface area contributed by atoms with Gasteiger partial charge in [-0.2, -0.15) is 0 Å². The first-order valence-corrected chi connectivity index (χ1v) is 11.2. The van der Waals surface area contributed by atoms with Crippen LogP contribution in [0.2, 0.25) is 0 Å². The molecule has 1 atom stereocenters. The Balaban J connectivity index is 1.55. The van der Waals surface area contributed by atoms with Crippen molar-refractivity contribution in [3.63, 3.8) is 0 Å². The lowest BCUT2D eigenvalue weighted by Gasteiger charge is -2.20. The minimum Gasteiger partial charge on any atom is -0.419 e. The molecule has 0 aliphatic carbocycles. The molecule has 0 bridgehead atoms. The van der Waals surface area contributed by atoms with Gasteiger partial charge in [0.05, 0.1) is 17.6 Å². The molecule has 0 aliphatic rings. The van der Waals surface area contributed by atoms with Gasteiger partial charge in [-0.15, -0.1) is 21.5 Å². The van der Waals surface area contributed by atoms with Gasteiger partial charge in [-0.1, -0.05) is 30.3 Å². The van der Waals surface area contributed by atoms with E-state index in [0.717, 1.165) is 16.3 Å². The highest BCUT2D eigenvalue weighted by Gasteiger charge is 2.29. The maximum absolute atomic E-state index is 14.6. The van der Waals surface area contributed by atoms with Crippen LogP contribution in [0.1, 0.15) is 39.4 Å². The summed E-state index contributed by atoms with van der Waals surface area (Å²) >= 11 is 1.49. The summed E-state index contributed by atoms with van der Waals surface area (Å²) in [6, 6.07) is 13.8. The predicted octanol–water partition coefficient (Wildman–Crippen LogP) is 4.33. The van der Waals surface area contributed by atoms with Gasteiger partial charge in [-0.25, -0.2) is 9.37 Å². The zero-order chi connectivity index (χ0) is 23.6. The first-order valence-electron chi connectivity index (χ1n) is 10.4. The number of hydrogen-bond acceptors (Lipinski definition) is 7. The van der Waals surface area contributed by atoms with Crippen molar-refractivity contribution in [3.8, 4) is 11.5 Å². The highest BCUT2D eigenvalue weighted by molar-refractivity contribution is 7.09. The zero-order valence-corrected chi connectivity index (χ0v) is 19.4. The third-order valence-electron chi connectivity index (χ3n) is 5.16. The van der Waals surface area contributed by atoms with Crippen LogP contribution < -0.4 is 5.73 Å². The lowest BCUT2D eigenvalue weighted by Crippen LogP contribution is -2.35. The van der Waals surface area contributed by atoms with Gasteiger partial charge in [0.15, 0.2) is 0 Å². The Kier molecular flexibility index (Phi) is 6.35. The average molecular weight is 466 g/mol. The van der Waals surface area contributed by atoms with Crippen molar-refractivity contribution in [2.24, 2.45) is 5.73 Å². The van der Waals surface area contributed by atoms with Crippen LogP contribution in [0.15, 0.2) is 58.3 Å². The summed E-state index contributed by atoms with van der Waals surface area (Å²) in [7, 11) is 1.68. The monoisotopic (exact) mass is 465 g/mol. The van der Waals surface area contributed by atoms with E-state index in [1.54, 1.807) is 14.0 Å². The molecular weight excluding hydrogens is 441 g/mol. The predicted molar refractivity (Wildman–Crippen MR) is 124 cm³/mol. The smallest absolute Gasteiger partial charge is 0.254 e. The van der Waals surface area contributed by atoms with Gasteiger partial charge >= 0.3 is 0 Å². The lowest BCUT2D eigenvalue weighted by atomic mass is 9.94. The number of amides is 1. The molecule has 2 aromatic heterocycles. The number of halogens is 1. The SMILES string of the molecule is Cc1csc(CN(C)C(=O)c2ccc(F)c(-c3nnc(C(C)(N)Cc4ccccc4)o3)c2)n1. The van der Waals surface area contributed by atoms with Crippen molar-refractivity contribution in [3.05, 3.63) is 87.4 Å². The van der Waals surface area contributed by atoms with Gasteiger partial charge in [0.25, 0.3) is 11.8 Å². The number of benzene rings is 2. The van der Waals surface area contributed by atoms with E-state index >= 15 is 0 Å². The molecule has 0 fully saturated rings. The number of carbonyl (C=O) groups is 1. The van der Waals surface area contributed by atoms with E-state index in [9.17, 15) is 9.18 Å². The third kappa shape index (κ3) is 5.15. The Bertz CT molecular complexity index is 1270. The molecule has 0 saturated carbocycles.